The molecule has 0 atom stereocenters. The molecular formula is C11H24N2O3S. The molecule has 5 nitrogen and oxygen atoms in total. The smallest absolute Gasteiger partial charge is 0.214 e. The molecule has 0 heterocycles. The molecule has 0 saturated heterocycles. The van der Waals surface area contributed by atoms with Crippen molar-refractivity contribution in [1.29, 1.82) is 0 Å². The van der Waals surface area contributed by atoms with Crippen LogP contribution in [0.1, 0.15) is 26.2 Å². The van der Waals surface area contributed by atoms with Crippen LogP contribution in [0.3, 0.4) is 0 Å². The third-order valence-corrected chi connectivity index (χ3v) is 4.83. The highest BCUT2D eigenvalue weighted by molar-refractivity contribution is 7.89. The molecule has 102 valence electrons. The number of rotatable bonds is 10. The van der Waals surface area contributed by atoms with Crippen LogP contribution in [0.15, 0.2) is 0 Å². The van der Waals surface area contributed by atoms with Crippen molar-refractivity contribution < 1.29 is 13.2 Å². The monoisotopic (exact) mass is 264 g/mol. The van der Waals surface area contributed by atoms with E-state index in [1.807, 2.05) is 6.92 Å². The first-order valence-corrected chi connectivity index (χ1v) is 7.92. The Bertz CT molecular complexity index is 302. The molecule has 0 bridgehead atoms. The Hall–Kier alpha value is -0.170. The summed E-state index contributed by atoms with van der Waals surface area (Å²) in [4.78, 5) is 0. The van der Waals surface area contributed by atoms with E-state index in [9.17, 15) is 8.42 Å². The number of hydrogen-bond acceptors (Lipinski definition) is 4. The first kappa shape index (κ1) is 14.9. The molecule has 0 aromatic carbocycles. The Labute approximate surface area is 105 Å². The average molecular weight is 264 g/mol. The number of ether oxygens (including phenoxy) is 1. The van der Waals surface area contributed by atoms with Crippen LogP contribution in [-0.2, 0) is 14.8 Å². The van der Waals surface area contributed by atoms with Crippen LogP contribution in [0.5, 0.6) is 0 Å². The standard InChI is InChI=1S/C11H24N2O3S/c1-3-12-7-4-10-17(14,15)13(8-9-16-2)11-5-6-11/h11-12H,3-10H2,1-2H3. The highest BCUT2D eigenvalue weighted by atomic mass is 32.2. The van der Waals surface area contributed by atoms with Gasteiger partial charge in [0.05, 0.1) is 12.4 Å². The van der Waals surface area contributed by atoms with E-state index in [2.05, 4.69) is 5.32 Å². The van der Waals surface area contributed by atoms with Gasteiger partial charge in [-0.2, -0.15) is 4.31 Å². The topological polar surface area (TPSA) is 58.6 Å². The third-order valence-electron chi connectivity index (χ3n) is 2.83. The van der Waals surface area contributed by atoms with Gasteiger partial charge >= 0.3 is 0 Å². The Morgan fingerprint density at radius 3 is 2.65 bits per heavy atom. The summed E-state index contributed by atoms with van der Waals surface area (Å²) in [5.41, 5.74) is 0. The second-order valence-corrected chi connectivity index (χ2v) is 6.40. The molecule has 1 aliphatic rings. The molecule has 0 amide bonds. The molecule has 0 unspecified atom stereocenters. The number of nitrogens with zero attached hydrogens (tertiary/aromatic N) is 1. The lowest BCUT2D eigenvalue weighted by molar-refractivity contribution is 0.177. The van der Waals surface area contributed by atoms with Crippen LogP contribution in [0.25, 0.3) is 0 Å². The molecule has 0 aliphatic heterocycles. The minimum atomic E-state index is -3.10. The second kappa shape index (κ2) is 7.31. The summed E-state index contributed by atoms with van der Waals surface area (Å²) < 4.78 is 30.8. The quantitative estimate of drug-likeness (QED) is 0.581. The van der Waals surface area contributed by atoms with E-state index in [1.165, 1.54) is 0 Å². The van der Waals surface area contributed by atoms with Gasteiger partial charge < -0.3 is 10.1 Å². The maximum absolute atomic E-state index is 12.1. The summed E-state index contributed by atoms with van der Waals surface area (Å²) in [6.45, 7) is 4.63. The summed E-state index contributed by atoms with van der Waals surface area (Å²) in [7, 11) is -1.50. The highest BCUT2D eigenvalue weighted by Gasteiger charge is 2.36. The first-order chi connectivity index (χ1) is 8.11. The maximum atomic E-state index is 12.1. The molecule has 1 aliphatic carbocycles. The fourth-order valence-electron chi connectivity index (χ4n) is 1.77. The summed E-state index contributed by atoms with van der Waals surface area (Å²) in [6, 6.07) is 0.231. The lowest BCUT2D eigenvalue weighted by Crippen LogP contribution is -2.38. The number of sulfonamides is 1. The van der Waals surface area contributed by atoms with Gasteiger partial charge in [-0.15, -0.1) is 0 Å². The van der Waals surface area contributed by atoms with E-state index < -0.39 is 10.0 Å². The van der Waals surface area contributed by atoms with Crippen LogP contribution in [0.4, 0.5) is 0 Å². The van der Waals surface area contributed by atoms with Crippen molar-refractivity contribution in [1.82, 2.24) is 9.62 Å². The second-order valence-electron chi connectivity index (χ2n) is 4.36. The molecular weight excluding hydrogens is 240 g/mol. The van der Waals surface area contributed by atoms with E-state index in [4.69, 9.17) is 4.74 Å². The van der Waals surface area contributed by atoms with Crippen molar-refractivity contribution in [2.45, 2.75) is 32.2 Å². The molecule has 1 N–H and O–H groups in total. The minimum absolute atomic E-state index is 0.231. The van der Waals surface area contributed by atoms with Crippen LogP contribution in [0.2, 0.25) is 0 Å². The van der Waals surface area contributed by atoms with E-state index in [0.717, 1.165) is 25.9 Å². The van der Waals surface area contributed by atoms with Crippen molar-refractivity contribution >= 4 is 10.0 Å². The molecule has 17 heavy (non-hydrogen) atoms. The summed E-state index contributed by atoms with van der Waals surface area (Å²) >= 11 is 0. The predicted octanol–water partition coefficient (Wildman–Crippen LogP) is 0.427. The Balaban J connectivity index is 2.40. The summed E-state index contributed by atoms with van der Waals surface area (Å²) in [5.74, 6) is 0.236. The van der Waals surface area contributed by atoms with Crippen molar-refractivity contribution in [3.63, 3.8) is 0 Å². The zero-order valence-corrected chi connectivity index (χ0v) is 11.6. The number of hydrogen-bond donors (Lipinski definition) is 1. The Kier molecular flexibility index (Phi) is 6.40. The zero-order valence-electron chi connectivity index (χ0n) is 10.8. The molecule has 0 radical (unpaired) electrons. The van der Waals surface area contributed by atoms with Gasteiger partial charge in [0.1, 0.15) is 0 Å². The van der Waals surface area contributed by atoms with Crippen LogP contribution in [0, 0.1) is 0 Å². The van der Waals surface area contributed by atoms with Gasteiger partial charge in [-0.1, -0.05) is 6.92 Å². The predicted molar refractivity (Wildman–Crippen MR) is 68.6 cm³/mol. The van der Waals surface area contributed by atoms with Gasteiger partial charge in [-0.25, -0.2) is 8.42 Å². The van der Waals surface area contributed by atoms with Crippen LogP contribution < -0.4 is 5.32 Å². The van der Waals surface area contributed by atoms with Crippen molar-refractivity contribution in [3.05, 3.63) is 0 Å². The number of nitrogens with one attached hydrogen (secondary N) is 1. The average Bonchev–Trinajstić information content (AvgIpc) is 3.09. The third kappa shape index (κ3) is 5.33. The fraction of sp³-hybridized carbons (Fsp3) is 1.00. The lowest BCUT2D eigenvalue weighted by atomic mass is 10.5. The number of methoxy groups -OCH3 is 1. The highest BCUT2D eigenvalue weighted by Crippen LogP contribution is 2.29. The molecule has 1 rings (SSSR count). The van der Waals surface area contributed by atoms with Gasteiger partial charge in [0.15, 0.2) is 0 Å². The van der Waals surface area contributed by atoms with Crippen LogP contribution >= 0.6 is 0 Å². The fourth-order valence-corrected chi connectivity index (χ4v) is 3.53. The van der Waals surface area contributed by atoms with E-state index in [0.29, 0.717) is 19.6 Å². The van der Waals surface area contributed by atoms with Gasteiger partial charge in [-0.05, 0) is 32.4 Å². The molecule has 1 fully saturated rings. The SMILES string of the molecule is CCNCCCS(=O)(=O)N(CCOC)C1CC1. The van der Waals surface area contributed by atoms with Gasteiger partial charge in [0.25, 0.3) is 0 Å². The molecule has 1 saturated carbocycles. The Morgan fingerprint density at radius 2 is 2.12 bits per heavy atom. The normalized spacial score (nSPS) is 16.6. The van der Waals surface area contributed by atoms with E-state index in [1.54, 1.807) is 11.4 Å². The van der Waals surface area contributed by atoms with E-state index in [-0.39, 0.29) is 11.8 Å². The van der Waals surface area contributed by atoms with E-state index >= 15 is 0 Å². The molecule has 0 aromatic rings. The van der Waals surface area contributed by atoms with Gasteiger partial charge in [0.2, 0.25) is 10.0 Å². The Morgan fingerprint density at radius 1 is 1.41 bits per heavy atom. The minimum Gasteiger partial charge on any atom is -0.383 e. The molecule has 0 aromatic heterocycles. The largest absolute Gasteiger partial charge is 0.383 e. The molecule has 0 spiro atoms. The maximum Gasteiger partial charge on any atom is 0.214 e. The first-order valence-electron chi connectivity index (χ1n) is 6.31. The van der Waals surface area contributed by atoms with Crippen molar-refractivity contribution in [3.8, 4) is 0 Å². The van der Waals surface area contributed by atoms with Crippen molar-refractivity contribution in [2.75, 3.05) is 39.1 Å². The lowest BCUT2D eigenvalue weighted by Gasteiger charge is -2.21. The van der Waals surface area contributed by atoms with Crippen LogP contribution in [-0.4, -0.2) is 57.9 Å². The zero-order chi connectivity index (χ0) is 12.7. The molecule has 6 heteroatoms. The summed E-state index contributed by atoms with van der Waals surface area (Å²) in [5, 5.41) is 3.14. The van der Waals surface area contributed by atoms with Gasteiger partial charge in [0, 0.05) is 19.7 Å². The van der Waals surface area contributed by atoms with Crippen molar-refractivity contribution in [2.24, 2.45) is 0 Å². The summed E-state index contributed by atoms with van der Waals surface area (Å²) in [6.07, 6.45) is 2.67. The van der Waals surface area contributed by atoms with Gasteiger partial charge in [-0.3, -0.25) is 0 Å².